The van der Waals surface area contributed by atoms with Crippen LogP contribution in [-0.2, 0) is 0 Å². The van der Waals surface area contributed by atoms with Gasteiger partial charge in [0.15, 0.2) is 0 Å². The molecule has 0 radical (unpaired) electrons. The SMILES string of the molecule is CC1CNCCN1c1ccc2ncnc(N)c2c1.Cl. The molecule has 0 bridgehead atoms. The number of benzene rings is 1. The molecule has 1 aliphatic heterocycles. The van der Waals surface area contributed by atoms with Crippen LogP contribution in [0.2, 0.25) is 0 Å². The molecule has 0 saturated carbocycles. The van der Waals surface area contributed by atoms with Crippen LogP contribution in [0.5, 0.6) is 0 Å². The fraction of sp³-hybridized carbons (Fsp3) is 0.385. The number of hydrogen-bond acceptors (Lipinski definition) is 5. The third-order valence-corrected chi connectivity index (χ3v) is 3.48. The minimum Gasteiger partial charge on any atom is -0.383 e. The van der Waals surface area contributed by atoms with Crippen LogP contribution in [0.15, 0.2) is 24.5 Å². The minimum absolute atomic E-state index is 0. The number of aromatic nitrogens is 2. The molecule has 1 aromatic carbocycles. The molecule has 2 aromatic rings. The smallest absolute Gasteiger partial charge is 0.134 e. The molecule has 3 rings (SSSR count). The fourth-order valence-corrected chi connectivity index (χ4v) is 2.47. The van der Waals surface area contributed by atoms with Gasteiger partial charge in [0, 0.05) is 36.7 Å². The largest absolute Gasteiger partial charge is 0.383 e. The summed E-state index contributed by atoms with van der Waals surface area (Å²) in [5.74, 6) is 0.546. The van der Waals surface area contributed by atoms with Gasteiger partial charge < -0.3 is 16.0 Å². The summed E-state index contributed by atoms with van der Waals surface area (Å²) in [6.07, 6.45) is 1.50. The molecule has 1 saturated heterocycles. The van der Waals surface area contributed by atoms with Crippen LogP contribution in [0.25, 0.3) is 10.9 Å². The van der Waals surface area contributed by atoms with Crippen molar-refractivity contribution in [3.05, 3.63) is 24.5 Å². The predicted molar refractivity (Wildman–Crippen MR) is 80.9 cm³/mol. The lowest BCUT2D eigenvalue weighted by molar-refractivity contribution is 0.501. The van der Waals surface area contributed by atoms with Crippen molar-refractivity contribution in [1.82, 2.24) is 15.3 Å². The van der Waals surface area contributed by atoms with E-state index in [0.29, 0.717) is 11.9 Å². The van der Waals surface area contributed by atoms with Crippen molar-refractivity contribution < 1.29 is 0 Å². The Balaban J connectivity index is 0.00000133. The second-order valence-electron chi connectivity index (χ2n) is 4.71. The molecule has 102 valence electrons. The highest BCUT2D eigenvalue weighted by molar-refractivity contribution is 5.90. The van der Waals surface area contributed by atoms with Gasteiger partial charge in [-0.2, -0.15) is 0 Å². The number of nitrogens with two attached hydrogens (primary N) is 1. The second-order valence-corrected chi connectivity index (χ2v) is 4.71. The molecular weight excluding hydrogens is 262 g/mol. The van der Waals surface area contributed by atoms with E-state index in [1.54, 1.807) is 0 Å². The summed E-state index contributed by atoms with van der Waals surface area (Å²) in [6.45, 7) is 5.27. The van der Waals surface area contributed by atoms with Crippen molar-refractivity contribution >= 4 is 34.8 Å². The van der Waals surface area contributed by atoms with E-state index < -0.39 is 0 Å². The van der Waals surface area contributed by atoms with Crippen molar-refractivity contribution in [2.75, 3.05) is 30.3 Å². The van der Waals surface area contributed by atoms with E-state index >= 15 is 0 Å². The first-order chi connectivity index (χ1) is 8.75. The van der Waals surface area contributed by atoms with Crippen molar-refractivity contribution in [3.8, 4) is 0 Å². The Labute approximate surface area is 118 Å². The van der Waals surface area contributed by atoms with Gasteiger partial charge in [0.1, 0.15) is 12.1 Å². The van der Waals surface area contributed by atoms with Crippen LogP contribution >= 0.6 is 12.4 Å². The fourth-order valence-electron chi connectivity index (χ4n) is 2.47. The molecule has 6 heteroatoms. The van der Waals surface area contributed by atoms with E-state index in [1.807, 2.05) is 6.07 Å². The van der Waals surface area contributed by atoms with E-state index in [9.17, 15) is 0 Å². The van der Waals surface area contributed by atoms with E-state index in [2.05, 4.69) is 39.2 Å². The molecule has 0 spiro atoms. The summed E-state index contributed by atoms with van der Waals surface area (Å²) in [4.78, 5) is 10.7. The van der Waals surface area contributed by atoms with Crippen LogP contribution in [0.1, 0.15) is 6.92 Å². The summed E-state index contributed by atoms with van der Waals surface area (Å²) in [5.41, 5.74) is 8.00. The number of anilines is 2. The lowest BCUT2D eigenvalue weighted by atomic mass is 10.1. The average molecular weight is 280 g/mol. The molecule has 1 aromatic heterocycles. The summed E-state index contributed by atoms with van der Waals surface area (Å²) in [5, 5.41) is 4.32. The van der Waals surface area contributed by atoms with Gasteiger partial charge in [0.05, 0.1) is 5.52 Å². The second kappa shape index (κ2) is 5.59. The van der Waals surface area contributed by atoms with Crippen LogP contribution in [0.3, 0.4) is 0 Å². The molecule has 1 unspecified atom stereocenters. The van der Waals surface area contributed by atoms with E-state index in [0.717, 1.165) is 30.5 Å². The number of rotatable bonds is 1. The molecule has 3 N–H and O–H groups in total. The van der Waals surface area contributed by atoms with Crippen LogP contribution in [-0.4, -0.2) is 35.6 Å². The molecule has 19 heavy (non-hydrogen) atoms. The summed E-state index contributed by atoms with van der Waals surface area (Å²) in [7, 11) is 0. The number of nitrogens with zero attached hydrogens (tertiary/aromatic N) is 3. The van der Waals surface area contributed by atoms with Crippen molar-refractivity contribution in [2.24, 2.45) is 0 Å². The molecule has 1 atom stereocenters. The zero-order valence-electron chi connectivity index (χ0n) is 10.8. The lowest BCUT2D eigenvalue weighted by Crippen LogP contribution is -2.49. The van der Waals surface area contributed by atoms with Crippen molar-refractivity contribution in [3.63, 3.8) is 0 Å². The standard InChI is InChI=1S/C13H17N5.ClH/c1-9-7-15-4-5-18(9)10-2-3-12-11(6-10)13(14)17-8-16-12;/h2-3,6,8-9,15H,4-5,7H2,1H3,(H2,14,16,17);1H. The molecule has 5 nitrogen and oxygen atoms in total. The number of halogens is 1. The Morgan fingerprint density at radius 2 is 2.21 bits per heavy atom. The quantitative estimate of drug-likeness (QED) is 0.827. The third-order valence-electron chi connectivity index (χ3n) is 3.48. The number of nitrogens with one attached hydrogen (secondary N) is 1. The number of fused-ring (bicyclic) bond motifs is 1. The zero-order valence-corrected chi connectivity index (χ0v) is 11.7. The average Bonchev–Trinajstić information content (AvgIpc) is 2.40. The Morgan fingerprint density at radius 1 is 1.37 bits per heavy atom. The molecule has 0 aliphatic carbocycles. The normalized spacial score (nSPS) is 19.2. The first kappa shape index (κ1) is 13.8. The Kier molecular flexibility index (Phi) is 4.07. The molecule has 1 fully saturated rings. The van der Waals surface area contributed by atoms with E-state index in [1.165, 1.54) is 12.0 Å². The Bertz CT molecular complexity index is 574. The molecular formula is C13H18ClN5. The number of hydrogen-bond donors (Lipinski definition) is 2. The predicted octanol–water partition coefficient (Wildman–Crippen LogP) is 1.43. The highest BCUT2D eigenvalue weighted by Gasteiger charge is 2.18. The Morgan fingerprint density at radius 3 is 3.00 bits per heavy atom. The lowest BCUT2D eigenvalue weighted by Gasteiger charge is -2.36. The Hall–Kier alpha value is -1.59. The van der Waals surface area contributed by atoms with Gasteiger partial charge in [0.25, 0.3) is 0 Å². The highest BCUT2D eigenvalue weighted by atomic mass is 35.5. The van der Waals surface area contributed by atoms with Gasteiger partial charge in [-0.25, -0.2) is 9.97 Å². The van der Waals surface area contributed by atoms with Crippen molar-refractivity contribution in [2.45, 2.75) is 13.0 Å². The monoisotopic (exact) mass is 279 g/mol. The van der Waals surface area contributed by atoms with Crippen LogP contribution in [0.4, 0.5) is 11.5 Å². The van der Waals surface area contributed by atoms with Crippen LogP contribution in [0, 0.1) is 0 Å². The molecule has 0 amide bonds. The van der Waals surface area contributed by atoms with Gasteiger partial charge in [-0.1, -0.05) is 0 Å². The first-order valence-electron chi connectivity index (χ1n) is 6.23. The van der Waals surface area contributed by atoms with Crippen LogP contribution < -0.4 is 16.0 Å². The maximum absolute atomic E-state index is 5.91. The first-order valence-corrected chi connectivity index (χ1v) is 6.23. The van der Waals surface area contributed by atoms with Gasteiger partial charge >= 0.3 is 0 Å². The summed E-state index contributed by atoms with van der Waals surface area (Å²) in [6, 6.07) is 6.70. The van der Waals surface area contributed by atoms with Crippen molar-refractivity contribution in [1.29, 1.82) is 0 Å². The van der Waals surface area contributed by atoms with Gasteiger partial charge in [-0.05, 0) is 25.1 Å². The molecule has 2 heterocycles. The van der Waals surface area contributed by atoms with Gasteiger partial charge in [-0.15, -0.1) is 12.4 Å². The van der Waals surface area contributed by atoms with Gasteiger partial charge in [-0.3, -0.25) is 0 Å². The number of nitrogen functional groups attached to an aromatic ring is 1. The maximum Gasteiger partial charge on any atom is 0.134 e. The van der Waals surface area contributed by atoms with E-state index in [-0.39, 0.29) is 12.4 Å². The zero-order chi connectivity index (χ0) is 12.5. The topological polar surface area (TPSA) is 67.1 Å². The van der Waals surface area contributed by atoms with E-state index in [4.69, 9.17) is 5.73 Å². The van der Waals surface area contributed by atoms with Gasteiger partial charge in [0.2, 0.25) is 0 Å². The summed E-state index contributed by atoms with van der Waals surface area (Å²) < 4.78 is 0. The third kappa shape index (κ3) is 2.57. The molecule has 1 aliphatic rings. The summed E-state index contributed by atoms with van der Waals surface area (Å²) >= 11 is 0. The highest BCUT2D eigenvalue weighted by Crippen LogP contribution is 2.25. The number of piperazine rings is 1. The maximum atomic E-state index is 5.91. The minimum atomic E-state index is 0.